The van der Waals surface area contributed by atoms with Crippen LogP contribution in [0.1, 0.15) is 49.5 Å². The minimum absolute atomic E-state index is 0.0586. The molecule has 0 spiro atoms. The highest BCUT2D eigenvalue weighted by atomic mass is 35.5. The summed E-state index contributed by atoms with van der Waals surface area (Å²) in [5.74, 6) is -1.11. The van der Waals surface area contributed by atoms with Crippen LogP contribution in [-0.4, -0.2) is 62.0 Å². The molecule has 0 aliphatic rings. The lowest BCUT2D eigenvalue weighted by atomic mass is 9.98. The van der Waals surface area contributed by atoms with Gasteiger partial charge in [0.25, 0.3) is 5.91 Å². The number of aryl methyl sites for hydroxylation is 1. The largest absolute Gasteiger partial charge is 0.508 e. The van der Waals surface area contributed by atoms with Crippen LogP contribution in [0.25, 0.3) is 0 Å². The van der Waals surface area contributed by atoms with Gasteiger partial charge in [0.2, 0.25) is 11.9 Å². The number of benzene rings is 2. The molecule has 0 aliphatic heterocycles. The number of aromatic nitrogens is 4. The van der Waals surface area contributed by atoms with Crippen molar-refractivity contribution >= 4 is 62.2 Å². The molecule has 0 bridgehead atoms. The fourth-order valence-corrected chi connectivity index (χ4v) is 5.21. The summed E-state index contributed by atoms with van der Waals surface area (Å²) >= 11 is 6.29. The molecule has 2 heterocycles. The highest BCUT2D eigenvalue weighted by Gasteiger charge is 2.24. The summed E-state index contributed by atoms with van der Waals surface area (Å²) in [6.45, 7) is 6.43. The number of hydrogen-bond acceptors (Lipinski definition) is 11. The van der Waals surface area contributed by atoms with Gasteiger partial charge in [-0.25, -0.2) is 13.4 Å². The Labute approximate surface area is 264 Å². The number of aromatic hydroxyl groups is 2. The van der Waals surface area contributed by atoms with Crippen molar-refractivity contribution in [1.82, 2.24) is 25.1 Å². The molecule has 14 nitrogen and oxygen atoms in total. The summed E-state index contributed by atoms with van der Waals surface area (Å²) in [5, 5.41) is 34.8. The molecule has 0 saturated carbocycles. The molecule has 0 fully saturated rings. The fraction of sp³-hybridized carbons (Fsp3) is 0.276. The van der Waals surface area contributed by atoms with Crippen molar-refractivity contribution in [3.8, 4) is 11.5 Å². The molecule has 238 valence electrons. The van der Waals surface area contributed by atoms with Crippen LogP contribution >= 0.6 is 11.6 Å². The van der Waals surface area contributed by atoms with Crippen LogP contribution in [0.15, 0.2) is 53.7 Å². The molecule has 2 amide bonds. The van der Waals surface area contributed by atoms with Gasteiger partial charge in [0.05, 0.1) is 23.6 Å². The van der Waals surface area contributed by atoms with Crippen LogP contribution in [0, 0.1) is 0 Å². The Morgan fingerprint density at radius 1 is 1.00 bits per heavy atom. The number of amides is 2. The first-order valence-corrected chi connectivity index (χ1v) is 15.7. The van der Waals surface area contributed by atoms with E-state index in [1.807, 2.05) is 13.8 Å². The van der Waals surface area contributed by atoms with E-state index >= 15 is 0 Å². The normalized spacial score (nSPS) is 11.5. The zero-order chi connectivity index (χ0) is 33.1. The molecule has 6 N–H and O–H groups in total. The molecule has 0 radical (unpaired) electrons. The average Bonchev–Trinajstić information content (AvgIpc) is 3.34. The lowest BCUT2D eigenvalue weighted by molar-refractivity contribution is -0.115. The van der Waals surface area contributed by atoms with Gasteiger partial charge in [0, 0.05) is 30.6 Å². The van der Waals surface area contributed by atoms with Crippen LogP contribution in [-0.2, 0) is 21.7 Å². The number of sulfone groups is 1. The molecule has 4 rings (SSSR count). The third-order valence-electron chi connectivity index (χ3n) is 6.58. The van der Waals surface area contributed by atoms with Crippen molar-refractivity contribution in [2.75, 3.05) is 22.5 Å². The quantitative estimate of drug-likeness (QED) is 0.133. The summed E-state index contributed by atoms with van der Waals surface area (Å²) in [4.78, 5) is 33.8. The second-order valence-electron chi connectivity index (χ2n) is 10.6. The van der Waals surface area contributed by atoms with Gasteiger partial charge >= 0.3 is 0 Å². The number of halogens is 1. The summed E-state index contributed by atoms with van der Waals surface area (Å²) < 4.78 is 26.4. The third kappa shape index (κ3) is 7.80. The zero-order valence-corrected chi connectivity index (χ0v) is 26.7. The van der Waals surface area contributed by atoms with E-state index in [-0.39, 0.29) is 45.6 Å². The molecule has 2 aromatic heterocycles. The number of anilines is 5. The van der Waals surface area contributed by atoms with E-state index < -0.39 is 32.7 Å². The summed E-state index contributed by atoms with van der Waals surface area (Å²) in [7, 11) is -2.01. The predicted octanol–water partition coefficient (Wildman–Crippen LogP) is 4.44. The molecule has 0 aliphatic carbocycles. The molecule has 16 heteroatoms. The molecule has 45 heavy (non-hydrogen) atoms. The summed E-state index contributed by atoms with van der Waals surface area (Å²) in [5.41, 5.74) is 1.36. The van der Waals surface area contributed by atoms with E-state index in [0.717, 1.165) is 6.07 Å². The standard InChI is InChI=1S/C29H33ClN8O6S/c1-15(2)19-10-20(23(40)11-22(19)39)28(42)31-14-25(41)33-17-7-6-8-18(9-17)34-29-32-13-21(30)27(36-29)35-24-12-26(37-38(24)5)45(43,44)16(3)4/h6-13,15-16,39-40H,14H2,1-5H3,(H,31,42)(H,33,41)(H2,32,34,35,36). The van der Waals surface area contributed by atoms with Gasteiger partial charge in [-0.3, -0.25) is 14.3 Å². The monoisotopic (exact) mass is 656 g/mol. The van der Waals surface area contributed by atoms with E-state index in [1.54, 1.807) is 45.2 Å². The van der Waals surface area contributed by atoms with Crippen molar-refractivity contribution in [2.24, 2.45) is 7.05 Å². The van der Waals surface area contributed by atoms with Gasteiger partial charge in [0.1, 0.15) is 22.3 Å². The fourth-order valence-electron chi connectivity index (χ4n) is 4.08. The Hall–Kier alpha value is -4.89. The number of nitrogens with zero attached hydrogens (tertiary/aromatic N) is 4. The maximum absolute atomic E-state index is 12.6. The van der Waals surface area contributed by atoms with Crippen molar-refractivity contribution in [2.45, 2.75) is 43.9 Å². The topological polar surface area (TPSA) is 200 Å². The summed E-state index contributed by atoms with van der Waals surface area (Å²) in [6, 6.07) is 10.5. The van der Waals surface area contributed by atoms with Gasteiger partial charge < -0.3 is 31.5 Å². The first kappa shape index (κ1) is 33.0. The zero-order valence-electron chi connectivity index (χ0n) is 25.1. The lowest BCUT2D eigenvalue weighted by Crippen LogP contribution is -2.33. The van der Waals surface area contributed by atoms with Crippen molar-refractivity contribution in [3.63, 3.8) is 0 Å². The van der Waals surface area contributed by atoms with Gasteiger partial charge in [0.15, 0.2) is 20.7 Å². The Balaban J connectivity index is 1.41. The molecular weight excluding hydrogens is 624 g/mol. The number of carbonyl (C=O) groups is 2. The highest BCUT2D eigenvalue weighted by Crippen LogP contribution is 2.32. The van der Waals surface area contributed by atoms with Gasteiger partial charge in [-0.1, -0.05) is 31.5 Å². The van der Waals surface area contributed by atoms with Crippen LogP contribution in [0.5, 0.6) is 11.5 Å². The number of nitrogens with one attached hydrogen (secondary N) is 4. The van der Waals surface area contributed by atoms with Gasteiger partial charge in [-0.05, 0) is 49.6 Å². The van der Waals surface area contributed by atoms with Crippen LogP contribution in [0.2, 0.25) is 5.02 Å². The third-order valence-corrected chi connectivity index (χ3v) is 8.88. The van der Waals surface area contributed by atoms with Crippen molar-refractivity contribution in [1.29, 1.82) is 0 Å². The van der Waals surface area contributed by atoms with E-state index in [0.29, 0.717) is 22.8 Å². The van der Waals surface area contributed by atoms with E-state index in [1.165, 1.54) is 23.0 Å². The van der Waals surface area contributed by atoms with Crippen LogP contribution in [0.4, 0.5) is 29.0 Å². The van der Waals surface area contributed by atoms with E-state index in [2.05, 4.69) is 36.3 Å². The predicted molar refractivity (Wildman–Crippen MR) is 170 cm³/mol. The molecule has 0 saturated heterocycles. The number of rotatable bonds is 11. The van der Waals surface area contributed by atoms with E-state index in [4.69, 9.17) is 11.6 Å². The maximum atomic E-state index is 12.6. The van der Waals surface area contributed by atoms with Crippen molar-refractivity contribution < 1.29 is 28.2 Å². The first-order chi connectivity index (χ1) is 21.1. The number of hydrogen-bond donors (Lipinski definition) is 6. The van der Waals surface area contributed by atoms with Crippen LogP contribution < -0.4 is 21.3 Å². The van der Waals surface area contributed by atoms with E-state index in [9.17, 15) is 28.2 Å². The molecule has 0 unspecified atom stereocenters. The number of phenols is 2. The average molecular weight is 657 g/mol. The molecule has 2 aromatic carbocycles. The smallest absolute Gasteiger partial charge is 0.255 e. The minimum atomic E-state index is -3.59. The van der Waals surface area contributed by atoms with Crippen LogP contribution in [0.3, 0.4) is 0 Å². The Morgan fingerprint density at radius 2 is 1.71 bits per heavy atom. The Morgan fingerprint density at radius 3 is 2.40 bits per heavy atom. The lowest BCUT2D eigenvalue weighted by Gasteiger charge is -2.13. The Bertz CT molecular complexity index is 1860. The van der Waals surface area contributed by atoms with Gasteiger partial charge in [-0.2, -0.15) is 10.1 Å². The molecular formula is C29H33ClN8O6S. The number of phenolic OH excluding ortho intramolecular Hbond substituents is 2. The second kappa shape index (κ2) is 13.4. The van der Waals surface area contributed by atoms with Gasteiger partial charge in [-0.15, -0.1) is 0 Å². The minimum Gasteiger partial charge on any atom is -0.508 e. The second-order valence-corrected chi connectivity index (χ2v) is 13.5. The first-order valence-electron chi connectivity index (χ1n) is 13.7. The highest BCUT2D eigenvalue weighted by molar-refractivity contribution is 7.91. The van der Waals surface area contributed by atoms with Crippen molar-refractivity contribution in [3.05, 3.63) is 64.8 Å². The molecule has 4 aromatic rings. The number of carbonyl (C=O) groups excluding carboxylic acids is 2. The summed E-state index contributed by atoms with van der Waals surface area (Å²) in [6.07, 6.45) is 1.37. The molecule has 0 atom stereocenters. The maximum Gasteiger partial charge on any atom is 0.255 e. The SMILES string of the molecule is CC(C)c1cc(C(=O)NCC(=O)Nc2cccc(Nc3ncc(Cl)c(Nc4cc(S(=O)(=O)C(C)C)nn4C)n3)c2)c(O)cc1O. The Kier molecular flexibility index (Phi) is 9.83.